The summed E-state index contributed by atoms with van der Waals surface area (Å²) in [6.45, 7) is 4.96. The molecule has 0 bridgehead atoms. The van der Waals surface area contributed by atoms with Crippen molar-refractivity contribution in [3.63, 3.8) is 0 Å². The molecule has 4 rings (SSSR count). The molecule has 6 heteroatoms. The molecule has 2 fully saturated rings. The third-order valence-electron chi connectivity index (χ3n) is 5.88. The summed E-state index contributed by atoms with van der Waals surface area (Å²) in [5, 5.41) is 4.44. The van der Waals surface area contributed by atoms with E-state index < -0.39 is 0 Å². The molecule has 5 nitrogen and oxygen atoms in total. The highest BCUT2D eigenvalue weighted by Crippen LogP contribution is 2.30. The summed E-state index contributed by atoms with van der Waals surface area (Å²) >= 11 is 1.46. The lowest BCUT2D eigenvalue weighted by atomic mass is 10.00. The molecule has 1 N–H and O–H groups in total. The topological polar surface area (TPSA) is 62.3 Å². The van der Waals surface area contributed by atoms with Crippen LogP contribution in [-0.2, 0) is 4.79 Å². The zero-order valence-electron chi connectivity index (χ0n) is 17.2. The van der Waals surface area contributed by atoms with E-state index in [1.54, 1.807) is 0 Å². The van der Waals surface area contributed by atoms with E-state index in [-0.39, 0.29) is 17.1 Å². The molecular formula is C23H29N3O2S. The Kier molecular flexibility index (Phi) is 6.09. The summed E-state index contributed by atoms with van der Waals surface area (Å²) in [5.41, 5.74) is 1.44. The molecule has 2 heterocycles. The van der Waals surface area contributed by atoms with Crippen molar-refractivity contribution in [1.29, 1.82) is 0 Å². The fourth-order valence-electron chi connectivity index (χ4n) is 4.07. The largest absolute Gasteiger partial charge is 0.349 e. The van der Waals surface area contributed by atoms with Crippen LogP contribution < -0.4 is 5.32 Å². The van der Waals surface area contributed by atoms with E-state index >= 15 is 0 Å². The fraction of sp³-hybridized carbons (Fsp3) is 0.522. The number of nitrogens with one attached hydrogen (secondary N) is 1. The standard InChI is InChI=1S/C23H29N3O2S/c1-3-17-8-6-7-13-26(17)23(28)15(2)29-21-14-19(22(27)24-16-11-12-16)18-9-4-5-10-20(18)25-21/h4-5,9-10,14-17H,3,6-8,11-13H2,1-2H3,(H,24,27)/t15-,17-/m0/s1. The fourth-order valence-corrected chi connectivity index (χ4v) is 5.01. The van der Waals surface area contributed by atoms with Crippen molar-refractivity contribution in [2.24, 2.45) is 0 Å². The zero-order valence-corrected chi connectivity index (χ0v) is 18.0. The highest BCUT2D eigenvalue weighted by atomic mass is 32.2. The summed E-state index contributed by atoms with van der Waals surface area (Å²) in [4.78, 5) is 32.7. The quantitative estimate of drug-likeness (QED) is 0.716. The van der Waals surface area contributed by atoms with E-state index in [1.165, 1.54) is 18.2 Å². The Bertz CT molecular complexity index is 912. The summed E-state index contributed by atoms with van der Waals surface area (Å²) in [6, 6.07) is 10.2. The van der Waals surface area contributed by atoms with Crippen molar-refractivity contribution in [1.82, 2.24) is 15.2 Å². The number of likely N-dealkylation sites (tertiary alicyclic amines) is 1. The SMILES string of the molecule is CC[C@H]1CCCCN1C(=O)[C@H](C)Sc1cc(C(=O)NC2CC2)c2ccccc2n1. The summed E-state index contributed by atoms with van der Waals surface area (Å²) in [5.74, 6) is 0.134. The van der Waals surface area contributed by atoms with Gasteiger partial charge in [-0.2, -0.15) is 0 Å². The number of rotatable bonds is 6. The van der Waals surface area contributed by atoms with Gasteiger partial charge in [0.15, 0.2) is 0 Å². The lowest BCUT2D eigenvalue weighted by Crippen LogP contribution is -2.46. The lowest BCUT2D eigenvalue weighted by molar-refractivity contribution is -0.134. The minimum absolute atomic E-state index is 0.0472. The zero-order chi connectivity index (χ0) is 20.4. The normalized spacial score (nSPS) is 20.5. The Hall–Kier alpha value is -2.08. The van der Waals surface area contributed by atoms with E-state index in [0.717, 1.165) is 54.6 Å². The first-order valence-electron chi connectivity index (χ1n) is 10.7. The second-order valence-electron chi connectivity index (χ2n) is 8.12. The van der Waals surface area contributed by atoms with Gasteiger partial charge in [0.2, 0.25) is 5.91 Å². The molecule has 2 aliphatic rings. The lowest BCUT2D eigenvalue weighted by Gasteiger charge is -2.36. The maximum Gasteiger partial charge on any atom is 0.252 e. The van der Waals surface area contributed by atoms with Gasteiger partial charge in [0, 0.05) is 24.0 Å². The molecule has 2 aromatic rings. The van der Waals surface area contributed by atoms with Gasteiger partial charge in [-0.25, -0.2) is 4.98 Å². The Morgan fingerprint density at radius 1 is 1.24 bits per heavy atom. The average molecular weight is 412 g/mol. The number of aromatic nitrogens is 1. The number of nitrogens with zero attached hydrogens (tertiary/aromatic N) is 2. The van der Waals surface area contributed by atoms with Gasteiger partial charge >= 0.3 is 0 Å². The molecule has 2 amide bonds. The van der Waals surface area contributed by atoms with Gasteiger partial charge in [-0.15, -0.1) is 0 Å². The number of carbonyl (C=O) groups excluding carboxylic acids is 2. The van der Waals surface area contributed by atoms with Gasteiger partial charge in [0.05, 0.1) is 21.4 Å². The molecule has 0 unspecified atom stereocenters. The monoisotopic (exact) mass is 411 g/mol. The Morgan fingerprint density at radius 2 is 2.03 bits per heavy atom. The van der Waals surface area contributed by atoms with Crippen LogP contribution in [0.4, 0.5) is 0 Å². The number of pyridine rings is 1. The van der Waals surface area contributed by atoms with Crippen LogP contribution >= 0.6 is 11.8 Å². The van der Waals surface area contributed by atoms with Crippen molar-refractivity contribution in [3.05, 3.63) is 35.9 Å². The third-order valence-corrected chi connectivity index (χ3v) is 6.88. The van der Waals surface area contributed by atoms with Gasteiger partial charge in [0.25, 0.3) is 5.91 Å². The second-order valence-corrected chi connectivity index (χ2v) is 9.48. The first-order valence-corrected chi connectivity index (χ1v) is 11.6. The molecule has 1 saturated heterocycles. The number of piperidine rings is 1. The highest BCUT2D eigenvalue weighted by Gasteiger charge is 2.30. The first kappa shape index (κ1) is 20.2. The minimum Gasteiger partial charge on any atom is -0.349 e. The number of para-hydroxylation sites is 1. The molecule has 154 valence electrons. The molecule has 1 saturated carbocycles. The van der Waals surface area contributed by atoms with E-state index in [2.05, 4.69) is 17.1 Å². The predicted molar refractivity (Wildman–Crippen MR) is 117 cm³/mol. The highest BCUT2D eigenvalue weighted by molar-refractivity contribution is 8.00. The molecule has 0 radical (unpaired) electrons. The van der Waals surface area contributed by atoms with Gasteiger partial charge in [-0.05, 0) is 57.6 Å². The molecule has 1 aromatic carbocycles. The average Bonchev–Trinajstić information content (AvgIpc) is 3.56. The molecule has 1 aliphatic carbocycles. The van der Waals surface area contributed by atoms with Crippen LogP contribution in [0.25, 0.3) is 10.9 Å². The van der Waals surface area contributed by atoms with Crippen LogP contribution in [0.5, 0.6) is 0 Å². The number of benzene rings is 1. The summed E-state index contributed by atoms with van der Waals surface area (Å²) in [6.07, 6.45) is 6.49. The Balaban J connectivity index is 1.56. The summed E-state index contributed by atoms with van der Waals surface area (Å²) in [7, 11) is 0. The smallest absolute Gasteiger partial charge is 0.252 e. The van der Waals surface area contributed by atoms with Crippen molar-refractivity contribution < 1.29 is 9.59 Å². The minimum atomic E-state index is -0.227. The predicted octanol–water partition coefficient (Wildman–Crippen LogP) is 4.40. The third kappa shape index (κ3) is 4.58. The molecule has 2 atom stereocenters. The molecule has 29 heavy (non-hydrogen) atoms. The molecular weight excluding hydrogens is 382 g/mol. The Labute approximate surface area is 176 Å². The van der Waals surface area contributed by atoms with Crippen LogP contribution in [0.1, 0.15) is 62.7 Å². The number of fused-ring (bicyclic) bond motifs is 1. The second kappa shape index (κ2) is 8.74. The van der Waals surface area contributed by atoms with Gasteiger partial charge in [-0.1, -0.05) is 36.9 Å². The van der Waals surface area contributed by atoms with Crippen LogP contribution in [0.15, 0.2) is 35.4 Å². The molecule has 1 aliphatic heterocycles. The van der Waals surface area contributed by atoms with E-state index in [9.17, 15) is 9.59 Å². The van der Waals surface area contributed by atoms with Crippen molar-refractivity contribution in [2.75, 3.05) is 6.54 Å². The first-order chi connectivity index (χ1) is 14.1. The van der Waals surface area contributed by atoms with Crippen LogP contribution in [0.2, 0.25) is 0 Å². The number of hydrogen-bond acceptors (Lipinski definition) is 4. The van der Waals surface area contributed by atoms with E-state index in [4.69, 9.17) is 4.98 Å². The van der Waals surface area contributed by atoms with Gasteiger partial charge < -0.3 is 10.2 Å². The van der Waals surface area contributed by atoms with Crippen LogP contribution in [0, 0.1) is 0 Å². The number of thioether (sulfide) groups is 1. The van der Waals surface area contributed by atoms with Gasteiger partial charge in [-0.3, -0.25) is 9.59 Å². The number of hydrogen-bond donors (Lipinski definition) is 1. The van der Waals surface area contributed by atoms with E-state index in [0.29, 0.717) is 17.6 Å². The molecule has 1 aromatic heterocycles. The number of amides is 2. The maximum absolute atomic E-state index is 13.1. The van der Waals surface area contributed by atoms with Crippen molar-refractivity contribution >= 4 is 34.5 Å². The van der Waals surface area contributed by atoms with Gasteiger partial charge in [0.1, 0.15) is 0 Å². The van der Waals surface area contributed by atoms with Crippen LogP contribution in [-0.4, -0.2) is 45.6 Å². The van der Waals surface area contributed by atoms with E-state index in [1.807, 2.05) is 37.3 Å². The summed E-state index contributed by atoms with van der Waals surface area (Å²) < 4.78 is 0. The molecule has 0 spiro atoms. The number of carbonyl (C=O) groups is 2. The van der Waals surface area contributed by atoms with Crippen LogP contribution in [0.3, 0.4) is 0 Å². The van der Waals surface area contributed by atoms with Crippen molar-refractivity contribution in [3.8, 4) is 0 Å². The van der Waals surface area contributed by atoms with Crippen molar-refractivity contribution in [2.45, 2.75) is 74.7 Å². The Morgan fingerprint density at radius 3 is 2.79 bits per heavy atom. The maximum atomic E-state index is 13.1.